The molecule has 0 bridgehead atoms. The summed E-state index contributed by atoms with van der Waals surface area (Å²) in [7, 11) is 1.49. The predicted octanol–water partition coefficient (Wildman–Crippen LogP) is 4.05. The van der Waals surface area contributed by atoms with E-state index < -0.39 is 35.5 Å². The average molecular weight is 623 g/mol. The summed E-state index contributed by atoms with van der Waals surface area (Å²) in [6, 6.07) is 5.89. The van der Waals surface area contributed by atoms with E-state index in [4.69, 9.17) is 14.0 Å². The van der Waals surface area contributed by atoms with Crippen LogP contribution in [0, 0.1) is 0 Å². The lowest BCUT2D eigenvalue weighted by atomic mass is 10.0. The molecule has 12 nitrogen and oxygen atoms in total. The number of aromatic nitrogens is 6. The molecular formula is C27H27F5N8O4. The van der Waals surface area contributed by atoms with Gasteiger partial charge in [0.05, 0.1) is 43.6 Å². The number of methoxy groups -OCH3 is 1. The van der Waals surface area contributed by atoms with Crippen LogP contribution < -0.4 is 20.5 Å². The monoisotopic (exact) mass is 622 g/mol. The fourth-order valence-corrected chi connectivity index (χ4v) is 4.42. The first-order valence-electron chi connectivity index (χ1n) is 13.3. The highest BCUT2D eigenvalue weighted by Gasteiger charge is 2.38. The van der Waals surface area contributed by atoms with Crippen molar-refractivity contribution >= 4 is 11.6 Å². The van der Waals surface area contributed by atoms with Crippen LogP contribution in [0.25, 0.3) is 0 Å². The van der Waals surface area contributed by atoms with Gasteiger partial charge in [-0.05, 0) is 24.6 Å². The predicted molar refractivity (Wildman–Crippen MR) is 145 cm³/mol. The highest BCUT2D eigenvalue weighted by Crippen LogP contribution is 2.32. The molecule has 0 saturated carbocycles. The molecule has 234 valence electrons. The van der Waals surface area contributed by atoms with Gasteiger partial charge in [0, 0.05) is 31.5 Å². The lowest BCUT2D eigenvalue weighted by Crippen LogP contribution is -2.46. The van der Waals surface area contributed by atoms with E-state index in [1.807, 2.05) is 0 Å². The Balaban J connectivity index is 1.13. The number of hydrogen-bond acceptors (Lipinski definition) is 11. The fourth-order valence-electron chi connectivity index (χ4n) is 4.42. The molecule has 0 radical (unpaired) electrons. The first-order chi connectivity index (χ1) is 21.0. The van der Waals surface area contributed by atoms with Gasteiger partial charge >= 0.3 is 6.18 Å². The van der Waals surface area contributed by atoms with Crippen molar-refractivity contribution < 1.29 is 35.9 Å². The summed E-state index contributed by atoms with van der Waals surface area (Å²) < 4.78 is 83.7. The second-order valence-corrected chi connectivity index (χ2v) is 10.1. The summed E-state index contributed by atoms with van der Waals surface area (Å²) in [5.74, 6) is 1.39. The lowest BCUT2D eigenvalue weighted by Gasteiger charge is -2.37. The Labute approximate surface area is 246 Å². The smallest absolute Gasteiger partial charge is 0.423 e. The number of anilines is 2. The Morgan fingerprint density at radius 2 is 1.82 bits per heavy atom. The summed E-state index contributed by atoms with van der Waals surface area (Å²) in [6.07, 6.45) is -4.44. The Hall–Kier alpha value is -4.67. The van der Waals surface area contributed by atoms with Crippen LogP contribution in [-0.4, -0.2) is 62.7 Å². The Morgan fingerprint density at radius 1 is 1.11 bits per heavy atom. The van der Waals surface area contributed by atoms with E-state index in [9.17, 15) is 26.7 Å². The number of ether oxygens (including phenoxy) is 2. The van der Waals surface area contributed by atoms with E-state index in [2.05, 4.69) is 30.5 Å². The van der Waals surface area contributed by atoms with Gasteiger partial charge < -0.3 is 24.2 Å². The van der Waals surface area contributed by atoms with E-state index in [-0.39, 0.29) is 37.1 Å². The molecule has 1 aliphatic heterocycles. The number of benzene rings is 1. The van der Waals surface area contributed by atoms with Crippen molar-refractivity contribution in [3.63, 3.8) is 0 Å². The summed E-state index contributed by atoms with van der Waals surface area (Å²) in [4.78, 5) is 26.8. The first-order valence-corrected chi connectivity index (χ1v) is 13.3. The van der Waals surface area contributed by atoms with E-state index >= 15 is 0 Å². The number of nitrogens with one attached hydrogen (secondary N) is 1. The molecule has 3 aromatic heterocycles. The third kappa shape index (κ3) is 7.10. The Bertz CT molecular complexity index is 1610. The molecule has 1 aromatic carbocycles. The van der Waals surface area contributed by atoms with Crippen LogP contribution in [0.1, 0.15) is 47.7 Å². The molecular weight excluding hydrogens is 595 g/mol. The van der Waals surface area contributed by atoms with Gasteiger partial charge in [0.25, 0.3) is 17.9 Å². The fraction of sp³-hybridized carbons (Fsp3) is 0.407. The van der Waals surface area contributed by atoms with Crippen molar-refractivity contribution in [1.82, 2.24) is 29.9 Å². The van der Waals surface area contributed by atoms with E-state index in [1.54, 1.807) is 36.1 Å². The minimum atomic E-state index is -4.93. The van der Waals surface area contributed by atoms with Gasteiger partial charge in [-0.2, -0.15) is 23.3 Å². The SMILES string of the molecule is COc1ccc(Cn2ncc(NC(C)COCc3nc(C4CN(c5ncc(C(F)F)cn5)C4)no3)c(C(F)(F)F)c2=O)cc1. The minimum absolute atomic E-state index is 0.0485. The molecule has 17 heteroatoms. The maximum Gasteiger partial charge on any atom is 0.423 e. The quantitative estimate of drug-likeness (QED) is 0.230. The van der Waals surface area contributed by atoms with E-state index in [0.717, 1.165) is 23.3 Å². The van der Waals surface area contributed by atoms with Gasteiger partial charge in [0.2, 0.25) is 5.95 Å². The van der Waals surface area contributed by atoms with Gasteiger partial charge in [-0.25, -0.2) is 23.4 Å². The molecule has 1 atom stereocenters. The molecule has 1 N–H and O–H groups in total. The molecule has 1 unspecified atom stereocenters. The van der Waals surface area contributed by atoms with Crippen molar-refractivity contribution in [3.05, 3.63) is 81.6 Å². The van der Waals surface area contributed by atoms with Crippen LogP contribution in [0.4, 0.5) is 33.6 Å². The van der Waals surface area contributed by atoms with Crippen molar-refractivity contribution in [2.75, 3.05) is 37.0 Å². The molecule has 4 aromatic rings. The van der Waals surface area contributed by atoms with Gasteiger partial charge in [0.15, 0.2) is 5.82 Å². The van der Waals surface area contributed by atoms with Gasteiger partial charge in [0.1, 0.15) is 17.9 Å². The number of hydrogen-bond donors (Lipinski definition) is 1. The van der Waals surface area contributed by atoms with Crippen LogP contribution in [-0.2, 0) is 24.1 Å². The molecule has 0 spiro atoms. The molecule has 0 amide bonds. The minimum Gasteiger partial charge on any atom is -0.497 e. The third-order valence-electron chi connectivity index (χ3n) is 6.74. The van der Waals surface area contributed by atoms with Gasteiger partial charge in [-0.1, -0.05) is 17.3 Å². The average Bonchev–Trinajstić information content (AvgIpc) is 3.42. The molecule has 1 aliphatic rings. The molecule has 1 fully saturated rings. The topological polar surface area (TPSA) is 133 Å². The molecule has 1 saturated heterocycles. The summed E-state index contributed by atoms with van der Waals surface area (Å²) in [5, 5.41) is 10.5. The van der Waals surface area contributed by atoms with Crippen LogP contribution in [0.15, 0.2) is 52.2 Å². The van der Waals surface area contributed by atoms with Crippen molar-refractivity contribution in [1.29, 1.82) is 0 Å². The first kappa shape index (κ1) is 30.8. The summed E-state index contributed by atoms with van der Waals surface area (Å²) in [6.45, 7) is 2.21. The Kier molecular flexibility index (Phi) is 9.03. The van der Waals surface area contributed by atoms with Crippen molar-refractivity contribution in [3.8, 4) is 5.75 Å². The highest BCUT2D eigenvalue weighted by molar-refractivity contribution is 5.50. The normalized spacial score (nSPS) is 14.5. The van der Waals surface area contributed by atoms with E-state index in [0.29, 0.717) is 36.2 Å². The zero-order valence-corrected chi connectivity index (χ0v) is 23.5. The maximum atomic E-state index is 13.9. The zero-order valence-electron chi connectivity index (χ0n) is 23.5. The highest BCUT2D eigenvalue weighted by atomic mass is 19.4. The number of rotatable bonds is 12. The van der Waals surface area contributed by atoms with Crippen LogP contribution >= 0.6 is 0 Å². The standard InChI is InChI=1S/C27H27F5N8O4/c1-15(36-20-9-35-40(25(41)22(20)27(30,31)32)10-16-3-5-19(42-2)6-4-16)13-43-14-21-37-24(38-44-21)18-11-39(12-18)26-33-7-17(8-34-26)23(28)29/h3-9,15,18,23,36H,10-14H2,1-2H3. The molecule has 5 rings (SSSR count). The van der Waals surface area contributed by atoms with Crippen LogP contribution in [0.3, 0.4) is 0 Å². The largest absolute Gasteiger partial charge is 0.497 e. The number of alkyl halides is 5. The summed E-state index contributed by atoms with van der Waals surface area (Å²) in [5.41, 5.74) is -2.79. The van der Waals surface area contributed by atoms with E-state index in [1.165, 1.54) is 7.11 Å². The third-order valence-corrected chi connectivity index (χ3v) is 6.74. The zero-order chi connectivity index (χ0) is 31.4. The number of halogens is 5. The van der Waals surface area contributed by atoms with Gasteiger partial charge in [-0.15, -0.1) is 0 Å². The second-order valence-electron chi connectivity index (χ2n) is 10.1. The second kappa shape index (κ2) is 12.9. The van der Waals surface area contributed by atoms with Crippen molar-refractivity contribution in [2.45, 2.75) is 44.6 Å². The molecule has 4 heterocycles. The van der Waals surface area contributed by atoms with Crippen LogP contribution in [0.2, 0.25) is 0 Å². The Morgan fingerprint density at radius 3 is 2.45 bits per heavy atom. The number of nitrogens with zero attached hydrogens (tertiary/aromatic N) is 7. The molecule has 44 heavy (non-hydrogen) atoms. The molecule has 0 aliphatic carbocycles. The van der Waals surface area contributed by atoms with Crippen molar-refractivity contribution in [2.24, 2.45) is 0 Å². The summed E-state index contributed by atoms with van der Waals surface area (Å²) >= 11 is 0. The lowest BCUT2D eigenvalue weighted by molar-refractivity contribution is -0.138. The van der Waals surface area contributed by atoms with Gasteiger partial charge in [-0.3, -0.25) is 4.79 Å². The van der Waals surface area contributed by atoms with Crippen LogP contribution in [0.5, 0.6) is 5.75 Å². The maximum absolute atomic E-state index is 13.9.